The molecule has 0 radical (unpaired) electrons. The van der Waals surface area contributed by atoms with Gasteiger partial charge in [0.2, 0.25) is 11.7 Å². The highest BCUT2D eigenvalue weighted by Gasteiger charge is 2.65. The summed E-state index contributed by atoms with van der Waals surface area (Å²) >= 11 is 0. The third kappa shape index (κ3) is 4.18. The lowest BCUT2D eigenvalue weighted by Gasteiger charge is -2.26. The molecule has 3 fully saturated rings. The number of aromatic nitrogens is 4. The predicted molar refractivity (Wildman–Crippen MR) is 142 cm³/mol. The van der Waals surface area contributed by atoms with Crippen molar-refractivity contribution >= 4 is 17.5 Å². The summed E-state index contributed by atoms with van der Waals surface area (Å²) in [5.74, 6) is 1.16. The Labute approximate surface area is 230 Å². The van der Waals surface area contributed by atoms with Gasteiger partial charge in [-0.2, -0.15) is 8.78 Å². The minimum atomic E-state index is -2.66. The normalized spacial score (nSPS) is 25.0. The number of aryl methyl sites for hydroxylation is 1. The maximum Gasteiger partial charge on any atom is 0.327 e. The van der Waals surface area contributed by atoms with Gasteiger partial charge in [-0.3, -0.25) is 24.0 Å². The van der Waals surface area contributed by atoms with Gasteiger partial charge >= 0.3 is 6.55 Å². The van der Waals surface area contributed by atoms with Crippen LogP contribution in [0.25, 0.3) is 17.0 Å². The quantitative estimate of drug-likeness (QED) is 0.427. The summed E-state index contributed by atoms with van der Waals surface area (Å²) in [5.41, 5.74) is 7.53. The van der Waals surface area contributed by atoms with E-state index in [0.29, 0.717) is 30.2 Å². The Balaban J connectivity index is 1.08. The standard InChI is InChI=1S/C29H31F2N7O2/c1-16-21(5-6-23(34-16)20-12-32-28-35-24(19-3-4-19)15-36(28)14-20)22-10-29(22)7-8-37(26(29)40)25(17(2)39)9-18-11-33-38(13-18)27(30)31/h5-6,12-15,19,22,25,27,33H,3-4,7-11H2,1-2H3. The Morgan fingerprint density at radius 2 is 2.05 bits per heavy atom. The number of carbonyl (C=O) groups excluding carboxylic acids is 2. The second-order valence-electron chi connectivity index (χ2n) is 11.7. The molecule has 3 aromatic rings. The topological polar surface area (TPSA) is 95.7 Å². The van der Waals surface area contributed by atoms with E-state index < -0.39 is 18.0 Å². The first kappa shape index (κ1) is 25.3. The van der Waals surface area contributed by atoms with Gasteiger partial charge in [0.05, 0.1) is 22.8 Å². The number of alkyl halides is 2. The van der Waals surface area contributed by atoms with Crippen LogP contribution in [0.3, 0.4) is 0 Å². The SMILES string of the molecule is CC(=O)C(CC1=CN(C(F)F)NC1)N1CCC2(CC2c2ccc(-c3cnc4nc(C5CC5)cn4c3)nc2C)C1=O. The van der Waals surface area contributed by atoms with Crippen molar-refractivity contribution < 1.29 is 18.4 Å². The number of ketones is 1. The molecule has 2 aliphatic carbocycles. The molecule has 208 valence electrons. The summed E-state index contributed by atoms with van der Waals surface area (Å²) in [4.78, 5) is 42.0. The average molecular weight is 548 g/mol. The number of nitrogens with zero attached hydrogens (tertiary/aromatic N) is 6. The number of pyridine rings is 1. The van der Waals surface area contributed by atoms with Crippen molar-refractivity contribution in [3.05, 3.63) is 59.4 Å². The largest absolute Gasteiger partial charge is 0.332 e. The molecule has 3 atom stereocenters. The van der Waals surface area contributed by atoms with Gasteiger partial charge in [-0.15, -0.1) is 0 Å². The van der Waals surface area contributed by atoms with Crippen LogP contribution in [0.4, 0.5) is 8.78 Å². The fourth-order valence-electron chi connectivity index (χ4n) is 6.50. The summed E-state index contributed by atoms with van der Waals surface area (Å²) in [7, 11) is 0. The van der Waals surface area contributed by atoms with Gasteiger partial charge in [-0.05, 0) is 63.2 Å². The zero-order valence-electron chi connectivity index (χ0n) is 22.5. The van der Waals surface area contributed by atoms with E-state index in [9.17, 15) is 18.4 Å². The van der Waals surface area contributed by atoms with Crippen molar-refractivity contribution in [3.8, 4) is 11.3 Å². The maximum absolute atomic E-state index is 13.7. The molecule has 1 N–H and O–H groups in total. The molecule has 3 aromatic heterocycles. The lowest BCUT2D eigenvalue weighted by atomic mass is 9.96. The van der Waals surface area contributed by atoms with Crippen LogP contribution in [0.15, 0.2) is 42.5 Å². The number of fused-ring (bicyclic) bond motifs is 1. The molecule has 4 aliphatic rings. The highest BCUT2D eigenvalue weighted by Crippen LogP contribution is 2.65. The van der Waals surface area contributed by atoms with Crippen LogP contribution in [0.5, 0.6) is 0 Å². The first-order valence-corrected chi connectivity index (χ1v) is 13.9. The van der Waals surface area contributed by atoms with E-state index in [0.717, 1.165) is 39.6 Å². The first-order valence-electron chi connectivity index (χ1n) is 13.9. The number of hydrazine groups is 1. The van der Waals surface area contributed by atoms with Gasteiger partial charge in [-0.1, -0.05) is 6.07 Å². The third-order valence-electron chi connectivity index (χ3n) is 9.00. The van der Waals surface area contributed by atoms with E-state index in [1.165, 1.54) is 26.0 Å². The molecule has 5 heterocycles. The van der Waals surface area contributed by atoms with Crippen molar-refractivity contribution in [3.63, 3.8) is 0 Å². The Bertz CT molecular complexity index is 1560. The fraction of sp³-hybridized carbons (Fsp3) is 0.483. The Morgan fingerprint density at radius 1 is 1.23 bits per heavy atom. The third-order valence-corrected chi connectivity index (χ3v) is 9.00. The van der Waals surface area contributed by atoms with Crippen molar-refractivity contribution in [2.24, 2.45) is 5.41 Å². The van der Waals surface area contributed by atoms with Gasteiger partial charge in [0.1, 0.15) is 0 Å². The summed E-state index contributed by atoms with van der Waals surface area (Å²) in [6.07, 6.45) is 11.2. The minimum absolute atomic E-state index is 0.0142. The second-order valence-corrected chi connectivity index (χ2v) is 11.7. The van der Waals surface area contributed by atoms with Gasteiger partial charge < -0.3 is 4.90 Å². The van der Waals surface area contributed by atoms with E-state index in [1.54, 1.807) is 11.1 Å². The number of hydrogen-bond acceptors (Lipinski definition) is 7. The molecule has 2 saturated carbocycles. The van der Waals surface area contributed by atoms with Gasteiger partial charge in [0.25, 0.3) is 0 Å². The number of Topliss-reactive ketones (excluding diaryl/α,β-unsaturated/α-hetero) is 1. The monoisotopic (exact) mass is 547 g/mol. The van der Waals surface area contributed by atoms with Crippen LogP contribution in [-0.4, -0.2) is 66.6 Å². The molecule has 1 amide bonds. The highest BCUT2D eigenvalue weighted by atomic mass is 19.3. The van der Waals surface area contributed by atoms with Crippen LogP contribution in [0, 0.1) is 12.3 Å². The van der Waals surface area contributed by atoms with Crippen LogP contribution in [0.2, 0.25) is 0 Å². The summed E-state index contributed by atoms with van der Waals surface area (Å²) in [5, 5.41) is 0.741. The molecule has 9 nitrogen and oxygen atoms in total. The van der Waals surface area contributed by atoms with E-state index in [4.69, 9.17) is 4.98 Å². The molecular formula is C29H31F2N7O2. The zero-order valence-corrected chi connectivity index (χ0v) is 22.5. The van der Waals surface area contributed by atoms with E-state index in [2.05, 4.69) is 27.7 Å². The number of halogens is 2. The van der Waals surface area contributed by atoms with Crippen LogP contribution in [0.1, 0.15) is 67.8 Å². The Morgan fingerprint density at radius 3 is 2.75 bits per heavy atom. The van der Waals surface area contributed by atoms with Gasteiger partial charge in [-0.25, -0.2) is 15.4 Å². The highest BCUT2D eigenvalue weighted by molar-refractivity contribution is 5.94. The predicted octanol–water partition coefficient (Wildman–Crippen LogP) is 3.96. The van der Waals surface area contributed by atoms with Crippen molar-refractivity contribution in [2.75, 3.05) is 13.1 Å². The number of nitrogens with one attached hydrogen (secondary N) is 1. The second kappa shape index (κ2) is 9.15. The zero-order chi connectivity index (χ0) is 27.8. The molecule has 3 unspecified atom stereocenters. The number of imidazole rings is 1. The Hall–Kier alpha value is -3.73. The van der Waals surface area contributed by atoms with Gasteiger partial charge in [0, 0.05) is 61.0 Å². The Kier molecular flexibility index (Phi) is 5.78. The number of likely N-dealkylation sites (tertiary alicyclic amines) is 1. The molecule has 0 aromatic carbocycles. The summed E-state index contributed by atoms with van der Waals surface area (Å²) in [6, 6.07) is 3.41. The first-order chi connectivity index (χ1) is 19.2. The number of carbonyl (C=O) groups is 2. The molecule has 11 heteroatoms. The van der Waals surface area contributed by atoms with Gasteiger partial charge in [0.15, 0.2) is 5.78 Å². The molecule has 0 bridgehead atoms. The minimum Gasteiger partial charge on any atom is -0.332 e. The maximum atomic E-state index is 13.7. The fourth-order valence-corrected chi connectivity index (χ4v) is 6.50. The molecular weight excluding hydrogens is 516 g/mol. The number of hydrogen-bond donors (Lipinski definition) is 1. The molecule has 1 spiro atoms. The summed E-state index contributed by atoms with van der Waals surface area (Å²) < 4.78 is 28.0. The van der Waals surface area contributed by atoms with Crippen molar-refractivity contribution in [1.82, 2.24) is 34.7 Å². The van der Waals surface area contributed by atoms with Crippen LogP contribution >= 0.6 is 0 Å². The summed E-state index contributed by atoms with van der Waals surface area (Å²) in [6.45, 7) is 1.51. The lowest BCUT2D eigenvalue weighted by molar-refractivity contribution is -0.138. The van der Waals surface area contributed by atoms with E-state index >= 15 is 0 Å². The molecule has 1 saturated heterocycles. The van der Waals surface area contributed by atoms with Crippen LogP contribution in [-0.2, 0) is 9.59 Å². The lowest BCUT2D eigenvalue weighted by Crippen LogP contribution is -2.43. The number of rotatable bonds is 8. The van der Waals surface area contributed by atoms with E-state index in [1.807, 2.05) is 23.6 Å². The van der Waals surface area contributed by atoms with E-state index in [-0.39, 0.29) is 30.6 Å². The molecule has 2 aliphatic heterocycles. The average Bonchev–Trinajstić information content (AvgIpc) is 3.76. The smallest absolute Gasteiger partial charge is 0.327 e. The van der Waals surface area contributed by atoms with Crippen molar-refractivity contribution in [1.29, 1.82) is 0 Å². The number of amides is 1. The van der Waals surface area contributed by atoms with Crippen LogP contribution < -0.4 is 5.43 Å². The molecule has 40 heavy (non-hydrogen) atoms. The van der Waals surface area contributed by atoms with Crippen molar-refractivity contribution in [2.45, 2.75) is 70.4 Å². The molecule has 7 rings (SSSR count).